The summed E-state index contributed by atoms with van der Waals surface area (Å²) >= 11 is 12.4. The molecule has 35 heavy (non-hydrogen) atoms. The first-order valence-electron chi connectivity index (χ1n) is 11.3. The molecule has 1 aliphatic heterocycles. The van der Waals surface area contributed by atoms with Crippen molar-refractivity contribution in [1.82, 2.24) is 14.7 Å². The van der Waals surface area contributed by atoms with E-state index in [1.54, 1.807) is 23.9 Å². The number of aromatic nitrogens is 2. The van der Waals surface area contributed by atoms with E-state index < -0.39 is 0 Å². The molecule has 0 saturated carbocycles. The average molecular weight is 507 g/mol. The van der Waals surface area contributed by atoms with Crippen LogP contribution >= 0.6 is 23.2 Å². The van der Waals surface area contributed by atoms with Gasteiger partial charge in [-0.15, -0.1) is 0 Å². The molecule has 4 aromatic rings. The predicted octanol–water partition coefficient (Wildman–Crippen LogP) is 5.82. The van der Waals surface area contributed by atoms with Crippen molar-refractivity contribution >= 4 is 34.8 Å². The number of hydrogen-bond donors (Lipinski definition) is 0. The quantitative estimate of drug-likeness (QED) is 0.342. The van der Waals surface area contributed by atoms with Crippen molar-refractivity contribution in [2.45, 2.75) is 0 Å². The largest absolute Gasteiger partial charge is 0.495 e. The van der Waals surface area contributed by atoms with Gasteiger partial charge >= 0.3 is 0 Å². The lowest BCUT2D eigenvalue weighted by Crippen LogP contribution is -2.49. The van der Waals surface area contributed by atoms with Crippen LogP contribution in [0.1, 0.15) is 10.5 Å². The minimum absolute atomic E-state index is 0.0783. The van der Waals surface area contributed by atoms with Gasteiger partial charge in [-0.1, -0.05) is 65.7 Å². The zero-order chi connectivity index (χ0) is 24.4. The molecule has 0 radical (unpaired) electrons. The Labute approximate surface area is 214 Å². The fraction of sp³-hybridized carbons (Fsp3) is 0.185. The Hall–Kier alpha value is -3.48. The Morgan fingerprint density at radius 2 is 1.57 bits per heavy atom. The lowest BCUT2D eigenvalue weighted by molar-refractivity contribution is 0.0737. The van der Waals surface area contributed by atoms with E-state index in [9.17, 15) is 4.79 Å². The molecule has 8 heteroatoms. The Balaban J connectivity index is 1.44. The van der Waals surface area contributed by atoms with Crippen LogP contribution in [0.4, 0.5) is 5.69 Å². The lowest BCUT2D eigenvalue weighted by atomic mass is 10.1. The molecule has 0 unspecified atom stereocenters. The van der Waals surface area contributed by atoms with E-state index >= 15 is 0 Å². The molecule has 6 nitrogen and oxygen atoms in total. The van der Waals surface area contributed by atoms with Crippen molar-refractivity contribution < 1.29 is 9.53 Å². The van der Waals surface area contributed by atoms with Gasteiger partial charge in [0.15, 0.2) is 0 Å². The van der Waals surface area contributed by atoms with Crippen molar-refractivity contribution in [2.24, 2.45) is 0 Å². The third kappa shape index (κ3) is 4.72. The highest BCUT2D eigenvalue weighted by Gasteiger charge is 2.27. The summed E-state index contributed by atoms with van der Waals surface area (Å²) in [5.74, 6) is 0.753. The van der Waals surface area contributed by atoms with Crippen LogP contribution in [0.5, 0.6) is 5.75 Å². The van der Waals surface area contributed by atoms with Gasteiger partial charge in [0.1, 0.15) is 11.4 Å². The van der Waals surface area contributed by atoms with Gasteiger partial charge in [0.05, 0.1) is 34.2 Å². The minimum atomic E-state index is -0.0783. The summed E-state index contributed by atoms with van der Waals surface area (Å²) in [4.78, 5) is 17.8. The third-order valence-electron chi connectivity index (χ3n) is 6.14. The number of para-hydroxylation sites is 2. The first-order valence-corrected chi connectivity index (χ1v) is 12.1. The highest BCUT2D eigenvalue weighted by Crippen LogP contribution is 2.30. The van der Waals surface area contributed by atoms with E-state index in [0.29, 0.717) is 53.3 Å². The van der Waals surface area contributed by atoms with Gasteiger partial charge in [-0.25, -0.2) is 4.68 Å². The van der Waals surface area contributed by atoms with Crippen LogP contribution in [0.25, 0.3) is 16.9 Å². The molecule has 1 aromatic heterocycles. The number of hydrogen-bond acceptors (Lipinski definition) is 4. The summed E-state index contributed by atoms with van der Waals surface area (Å²) in [5, 5.41) is 5.62. The molecule has 0 N–H and O–H groups in total. The molecule has 0 bridgehead atoms. The molecule has 0 spiro atoms. The number of nitrogens with zero attached hydrogens (tertiary/aromatic N) is 4. The van der Waals surface area contributed by atoms with Crippen LogP contribution in [-0.4, -0.2) is 53.9 Å². The fourth-order valence-corrected chi connectivity index (χ4v) is 4.59. The first-order chi connectivity index (χ1) is 17.0. The van der Waals surface area contributed by atoms with Crippen LogP contribution in [-0.2, 0) is 0 Å². The van der Waals surface area contributed by atoms with Crippen molar-refractivity contribution in [2.75, 3.05) is 38.2 Å². The summed E-state index contributed by atoms with van der Waals surface area (Å²) < 4.78 is 7.17. The van der Waals surface area contributed by atoms with E-state index in [4.69, 9.17) is 33.0 Å². The molecule has 1 aliphatic rings. The number of carbonyl (C=O) groups is 1. The Bertz CT molecular complexity index is 1350. The smallest absolute Gasteiger partial charge is 0.272 e. The Kier molecular flexibility index (Phi) is 6.66. The van der Waals surface area contributed by atoms with Crippen molar-refractivity contribution in [1.29, 1.82) is 0 Å². The number of methoxy groups -OCH3 is 1. The fourth-order valence-electron chi connectivity index (χ4n) is 4.30. The number of benzene rings is 3. The third-order valence-corrected chi connectivity index (χ3v) is 6.88. The van der Waals surface area contributed by atoms with E-state index in [0.717, 1.165) is 17.0 Å². The van der Waals surface area contributed by atoms with Gasteiger partial charge in [0.2, 0.25) is 0 Å². The number of rotatable bonds is 5. The van der Waals surface area contributed by atoms with Crippen LogP contribution in [0, 0.1) is 0 Å². The Morgan fingerprint density at radius 3 is 2.29 bits per heavy atom. The van der Waals surface area contributed by atoms with Crippen LogP contribution < -0.4 is 9.64 Å². The summed E-state index contributed by atoms with van der Waals surface area (Å²) in [6.07, 6.45) is 0. The standard InChI is InChI=1S/C27H24Cl2N4O2/c1-35-26-10-6-5-9-24(26)31-13-15-32(16-14-31)27(34)25-18-23(19-7-3-2-4-8-19)30-33(25)20-11-12-21(28)22(29)17-20/h2-12,17-18H,13-16H2,1H3. The van der Waals surface area contributed by atoms with Gasteiger partial charge in [0.25, 0.3) is 5.91 Å². The van der Waals surface area contributed by atoms with E-state index in [-0.39, 0.29) is 5.91 Å². The average Bonchev–Trinajstić information content (AvgIpc) is 3.36. The van der Waals surface area contributed by atoms with Crippen molar-refractivity contribution in [3.05, 3.63) is 94.6 Å². The molecular formula is C27H24Cl2N4O2. The molecule has 0 atom stereocenters. The van der Waals surface area contributed by atoms with E-state index in [1.165, 1.54) is 0 Å². The highest BCUT2D eigenvalue weighted by atomic mass is 35.5. The van der Waals surface area contributed by atoms with E-state index in [1.807, 2.05) is 71.6 Å². The maximum Gasteiger partial charge on any atom is 0.272 e. The molecule has 5 rings (SSSR count). The normalized spacial score (nSPS) is 13.7. The number of ether oxygens (including phenoxy) is 1. The molecular weight excluding hydrogens is 483 g/mol. The van der Waals surface area contributed by atoms with E-state index in [2.05, 4.69) is 4.90 Å². The molecule has 1 amide bonds. The summed E-state index contributed by atoms with van der Waals surface area (Å²) in [6, 6.07) is 24.8. The van der Waals surface area contributed by atoms with Gasteiger partial charge in [0, 0.05) is 31.7 Å². The minimum Gasteiger partial charge on any atom is -0.495 e. The molecule has 1 saturated heterocycles. The second-order valence-electron chi connectivity index (χ2n) is 8.24. The Morgan fingerprint density at radius 1 is 0.857 bits per heavy atom. The topological polar surface area (TPSA) is 50.6 Å². The number of anilines is 1. The van der Waals surface area contributed by atoms with Crippen molar-refractivity contribution in [3.8, 4) is 22.7 Å². The molecule has 178 valence electrons. The zero-order valence-electron chi connectivity index (χ0n) is 19.2. The first kappa shape index (κ1) is 23.3. The van der Waals surface area contributed by atoms with Gasteiger partial charge in [-0.3, -0.25) is 4.79 Å². The number of halogens is 2. The molecule has 1 fully saturated rings. The van der Waals surface area contributed by atoms with Gasteiger partial charge in [-0.05, 0) is 36.4 Å². The lowest BCUT2D eigenvalue weighted by Gasteiger charge is -2.36. The summed E-state index contributed by atoms with van der Waals surface area (Å²) in [7, 11) is 1.67. The monoisotopic (exact) mass is 506 g/mol. The molecule has 2 heterocycles. The zero-order valence-corrected chi connectivity index (χ0v) is 20.7. The van der Waals surface area contributed by atoms with Crippen molar-refractivity contribution in [3.63, 3.8) is 0 Å². The van der Waals surface area contributed by atoms with Crippen LogP contribution in [0.2, 0.25) is 10.0 Å². The van der Waals surface area contributed by atoms with Gasteiger partial charge < -0.3 is 14.5 Å². The molecule has 0 aliphatic carbocycles. The predicted molar refractivity (Wildman–Crippen MR) is 140 cm³/mol. The second-order valence-corrected chi connectivity index (χ2v) is 9.06. The summed E-state index contributed by atoms with van der Waals surface area (Å²) in [6.45, 7) is 2.59. The SMILES string of the molecule is COc1ccccc1N1CCN(C(=O)c2cc(-c3ccccc3)nn2-c2ccc(Cl)c(Cl)c2)CC1. The maximum atomic E-state index is 13.7. The van der Waals surface area contributed by atoms with Crippen LogP contribution in [0.15, 0.2) is 78.9 Å². The van der Waals surface area contributed by atoms with Gasteiger partial charge in [-0.2, -0.15) is 5.10 Å². The highest BCUT2D eigenvalue weighted by molar-refractivity contribution is 6.42. The number of carbonyl (C=O) groups excluding carboxylic acids is 1. The second kappa shape index (κ2) is 10.0. The molecule has 3 aromatic carbocycles. The maximum absolute atomic E-state index is 13.7. The van der Waals surface area contributed by atoms with Crippen LogP contribution in [0.3, 0.4) is 0 Å². The summed E-state index contributed by atoms with van der Waals surface area (Å²) in [5.41, 5.74) is 3.84. The number of amides is 1. The number of piperazine rings is 1.